The molecule has 0 bridgehead atoms. The lowest BCUT2D eigenvalue weighted by atomic mass is 10.1. The minimum atomic E-state index is -4.66. The molecule has 88 valence electrons. The first-order chi connectivity index (χ1) is 6.58. The highest BCUT2D eigenvalue weighted by Gasteiger charge is 2.36. The average molecular weight is 225 g/mol. The van der Waals surface area contributed by atoms with Crippen LogP contribution >= 0.6 is 0 Å². The number of rotatable bonds is 4. The summed E-state index contributed by atoms with van der Waals surface area (Å²) in [6.45, 7) is 2.40. The summed E-state index contributed by atoms with van der Waals surface area (Å²) in [7, 11) is 0. The average Bonchev–Trinajstić information content (AvgIpc) is 1.99. The molecule has 15 heavy (non-hydrogen) atoms. The lowest BCUT2D eigenvalue weighted by Crippen LogP contribution is -2.39. The van der Waals surface area contributed by atoms with Gasteiger partial charge in [0.15, 0.2) is 0 Å². The van der Waals surface area contributed by atoms with Crippen LogP contribution in [-0.2, 0) is 0 Å². The van der Waals surface area contributed by atoms with E-state index in [0.717, 1.165) is 0 Å². The summed E-state index contributed by atoms with van der Waals surface area (Å²) in [5.41, 5.74) is 1.79. The van der Waals surface area contributed by atoms with Crippen molar-refractivity contribution in [3.8, 4) is 0 Å². The van der Waals surface area contributed by atoms with Gasteiger partial charge in [0.2, 0.25) is 0 Å². The Morgan fingerprint density at radius 1 is 1.47 bits per heavy atom. The lowest BCUT2D eigenvalue weighted by molar-refractivity contribution is -0.0986. The Hall–Kier alpha value is -1.24. The smallest absolute Gasteiger partial charge is 0.396 e. The first kappa shape index (κ1) is 13.8. The second kappa shape index (κ2) is 4.52. The molecule has 0 saturated heterocycles. The summed E-state index contributed by atoms with van der Waals surface area (Å²) >= 11 is 0. The predicted molar refractivity (Wildman–Crippen MR) is 50.4 cm³/mol. The summed E-state index contributed by atoms with van der Waals surface area (Å²) in [6, 6.07) is 0. The third-order valence-corrected chi connectivity index (χ3v) is 1.43. The van der Waals surface area contributed by atoms with Gasteiger partial charge in [0.05, 0.1) is 11.3 Å². The number of nitrogens with one attached hydrogen (secondary N) is 2. The van der Waals surface area contributed by atoms with Crippen LogP contribution in [0.1, 0.15) is 13.8 Å². The summed E-state index contributed by atoms with van der Waals surface area (Å²) in [5, 5.41) is 17.9. The number of allylic oxidation sites excluding steroid dienone is 2. The molecule has 0 aliphatic carbocycles. The molecule has 0 radical (unpaired) electrons. The van der Waals surface area contributed by atoms with Crippen LogP contribution < -0.4 is 11.1 Å². The molecule has 0 rings (SSSR count). The quantitative estimate of drug-likeness (QED) is 0.532. The van der Waals surface area contributed by atoms with Crippen LogP contribution in [0, 0.1) is 5.41 Å². The molecule has 5 N–H and O–H groups in total. The molecular formula is C8H14F3N3O. The van der Waals surface area contributed by atoms with Crippen molar-refractivity contribution in [2.75, 3.05) is 6.54 Å². The maximum Gasteiger partial charge on any atom is 0.433 e. The highest BCUT2D eigenvalue weighted by atomic mass is 19.4. The fourth-order valence-electron chi connectivity index (χ4n) is 0.743. The molecule has 0 aliphatic rings. The zero-order valence-electron chi connectivity index (χ0n) is 8.44. The SMILES string of the molecule is CC(C)(O)CN/C(=C(/N)C=N)C(F)(F)F. The highest BCUT2D eigenvalue weighted by Crippen LogP contribution is 2.24. The standard InChI is InChI=1S/C8H14F3N3O/c1-7(2,15)4-14-6(5(13)3-12)8(9,10)11/h3,12,14-15H,4,13H2,1-2H3/b6-5+,12-3?. The van der Waals surface area contributed by atoms with E-state index in [2.05, 4.69) is 0 Å². The van der Waals surface area contributed by atoms with Gasteiger partial charge in [-0.2, -0.15) is 13.2 Å². The van der Waals surface area contributed by atoms with Gasteiger partial charge in [0.1, 0.15) is 5.70 Å². The van der Waals surface area contributed by atoms with Crippen molar-refractivity contribution in [1.82, 2.24) is 5.32 Å². The van der Waals surface area contributed by atoms with Crippen molar-refractivity contribution in [1.29, 1.82) is 5.41 Å². The molecule has 0 saturated carbocycles. The van der Waals surface area contributed by atoms with Gasteiger partial charge in [-0.25, -0.2) is 0 Å². The van der Waals surface area contributed by atoms with Gasteiger partial charge in [0, 0.05) is 12.8 Å². The highest BCUT2D eigenvalue weighted by molar-refractivity contribution is 5.75. The van der Waals surface area contributed by atoms with E-state index in [1.54, 1.807) is 0 Å². The first-order valence-corrected chi connectivity index (χ1v) is 4.11. The Morgan fingerprint density at radius 2 is 1.93 bits per heavy atom. The fourth-order valence-corrected chi connectivity index (χ4v) is 0.743. The normalized spacial score (nSPS) is 14.5. The molecule has 0 atom stereocenters. The van der Waals surface area contributed by atoms with Gasteiger partial charge < -0.3 is 21.6 Å². The number of alkyl halides is 3. The second-order valence-corrected chi connectivity index (χ2v) is 3.64. The van der Waals surface area contributed by atoms with Crippen LogP contribution in [0.4, 0.5) is 13.2 Å². The first-order valence-electron chi connectivity index (χ1n) is 4.11. The topological polar surface area (TPSA) is 82.1 Å². The molecule has 0 heterocycles. The van der Waals surface area contributed by atoms with E-state index in [1.807, 2.05) is 5.32 Å². The number of hydrogen-bond donors (Lipinski definition) is 4. The summed E-state index contributed by atoms with van der Waals surface area (Å²) in [4.78, 5) is 0. The third-order valence-electron chi connectivity index (χ3n) is 1.43. The predicted octanol–water partition coefficient (Wildman–Crippen LogP) is 0.729. The van der Waals surface area contributed by atoms with Crippen LogP contribution in [-0.4, -0.2) is 29.6 Å². The Kier molecular flexibility index (Phi) is 4.15. The monoisotopic (exact) mass is 225 g/mol. The van der Waals surface area contributed by atoms with Crippen molar-refractivity contribution in [3.63, 3.8) is 0 Å². The van der Waals surface area contributed by atoms with E-state index >= 15 is 0 Å². The molecule has 0 spiro atoms. The van der Waals surface area contributed by atoms with E-state index in [1.165, 1.54) is 13.8 Å². The zero-order chi connectivity index (χ0) is 12.3. The molecule has 0 aliphatic heterocycles. The Balaban J connectivity index is 4.79. The number of halogens is 3. The van der Waals surface area contributed by atoms with Crippen LogP contribution in [0.25, 0.3) is 0 Å². The molecule has 0 aromatic carbocycles. The van der Waals surface area contributed by atoms with Gasteiger partial charge in [-0.3, -0.25) is 0 Å². The summed E-state index contributed by atoms with van der Waals surface area (Å²) in [6.07, 6.45) is -4.26. The van der Waals surface area contributed by atoms with Gasteiger partial charge in [0.25, 0.3) is 0 Å². The van der Waals surface area contributed by atoms with E-state index in [4.69, 9.17) is 11.1 Å². The maximum atomic E-state index is 12.3. The van der Waals surface area contributed by atoms with E-state index in [-0.39, 0.29) is 6.54 Å². The van der Waals surface area contributed by atoms with Crippen molar-refractivity contribution in [2.45, 2.75) is 25.6 Å². The minimum absolute atomic E-state index is 0.309. The van der Waals surface area contributed by atoms with Gasteiger partial charge in [-0.15, -0.1) is 0 Å². The summed E-state index contributed by atoms with van der Waals surface area (Å²) < 4.78 is 37.0. The Morgan fingerprint density at radius 3 is 2.20 bits per heavy atom. The van der Waals surface area contributed by atoms with Gasteiger partial charge in [-0.1, -0.05) is 0 Å². The molecule has 0 unspecified atom stereocenters. The molecule has 7 heteroatoms. The van der Waals surface area contributed by atoms with E-state index < -0.39 is 23.2 Å². The zero-order valence-corrected chi connectivity index (χ0v) is 8.44. The van der Waals surface area contributed by atoms with Crippen molar-refractivity contribution in [3.05, 3.63) is 11.4 Å². The minimum Gasteiger partial charge on any atom is -0.396 e. The van der Waals surface area contributed by atoms with Gasteiger partial charge >= 0.3 is 6.18 Å². The molecule has 4 nitrogen and oxygen atoms in total. The van der Waals surface area contributed by atoms with Crippen molar-refractivity contribution in [2.24, 2.45) is 5.73 Å². The molecule has 0 aromatic rings. The number of aliphatic hydroxyl groups is 1. The van der Waals surface area contributed by atoms with E-state index in [0.29, 0.717) is 6.21 Å². The van der Waals surface area contributed by atoms with Crippen LogP contribution in [0.3, 0.4) is 0 Å². The fraction of sp³-hybridized carbons (Fsp3) is 0.625. The van der Waals surface area contributed by atoms with Gasteiger partial charge in [-0.05, 0) is 13.8 Å². The molecule has 0 aromatic heterocycles. The van der Waals surface area contributed by atoms with Crippen molar-refractivity contribution >= 4 is 6.21 Å². The Labute approximate surface area is 85.5 Å². The maximum absolute atomic E-state index is 12.3. The van der Waals surface area contributed by atoms with Crippen molar-refractivity contribution < 1.29 is 18.3 Å². The molecule has 0 fully saturated rings. The van der Waals surface area contributed by atoms with Crippen LogP contribution in [0.5, 0.6) is 0 Å². The van der Waals surface area contributed by atoms with Crippen LogP contribution in [0.15, 0.2) is 11.4 Å². The number of nitrogens with two attached hydrogens (primary N) is 1. The largest absolute Gasteiger partial charge is 0.433 e. The Bertz CT molecular complexity index is 265. The summed E-state index contributed by atoms with van der Waals surface area (Å²) in [5.74, 6) is 0. The third kappa shape index (κ3) is 5.26. The van der Waals surface area contributed by atoms with E-state index in [9.17, 15) is 18.3 Å². The van der Waals surface area contributed by atoms with Crippen LogP contribution in [0.2, 0.25) is 0 Å². The second-order valence-electron chi connectivity index (χ2n) is 3.64. The molecular weight excluding hydrogens is 211 g/mol. The molecule has 0 amide bonds. The number of hydrogen-bond acceptors (Lipinski definition) is 4. The lowest BCUT2D eigenvalue weighted by Gasteiger charge is -2.22.